The van der Waals surface area contributed by atoms with Gasteiger partial charge in [-0.05, 0) is 11.7 Å². The summed E-state index contributed by atoms with van der Waals surface area (Å²) in [5, 5.41) is 0.635. The van der Waals surface area contributed by atoms with E-state index >= 15 is 0 Å². The molecule has 0 spiro atoms. The number of nitrogens with two attached hydrogens (primary N) is 1. The zero-order valence-electron chi connectivity index (χ0n) is 7.97. The molecule has 0 aromatic carbocycles. The number of hydrogen-bond acceptors (Lipinski definition) is 2. The molecule has 0 aliphatic rings. The lowest BCUT2D eigenvalue weighted by Gasteiger charge is -2.14. The van der Waals surface area contributed by atoms with Crippen LogP contribution in [0.25, 0.3) is 0 Å². The van der Waals surface area contributed by atoms with Crippen LogP contribution in [0, 0.1) is 5.92 Å². The largest absolute Gasteiger partial charge is 0.329 e. The lowest BCUT2D eigenvalue weighted by molar-refractivity contribution is 0.553. The Balaban J connectivity index is 3.34. The highest BCUT2D eigenvalue weighted by Crippen LogP contribution is 2.18. The summed E-state index contributed by atoms with van der Waals surface area (Å²) in [5.41, 5.74) is 5.52. The molecule has 0 rings (SSSR count). The van der Waals surface area contributed by atoms with Crippen LogP contribution in [0.1, 0.15) is 33.6 Å². The average molecular weight is 175 g/mol. The second kappa shape index (κ2) is 6.99. The van der Waals surface area contributed by atoms with E-state index in [2.05, 4.69) is 20.8 Å². The molecule has 0 aromatic rings. The van der Waals surface area contributed by atoms with E-state index in [0.717, 1.165) is 12.5 Å². The molecule has 0 bridgehead atoms. The van der Waals surface area contributed by atoms with Gasteiger partial charge in [0.1, 0.15) is 0 Å². The van der Waals surface area contributed by atoms with Gasteiger partial charge in [-0.1, -0.05) is 33.6 Å². The first kappa shape index (κ1) is 11.3. The summed E-state index contributed by atoms with van der Waals surface area (Å²) in [5.74, 6) is 2.18. The van der Waals surface area contributed by atoms with Crippen LogP contribution in [0.4, 0.5) is 0 Å². The minimum Gasteiger partial charge on any atom is -0.329 e. The average Bonchev–Trinajstić information content (AvgIpc) is 2.06. The van der Waals surface area contributed by atoms with Gasteiger partial charge in [0.15, 0.2) is 0 Å². The molecule has 2 heteroatoms. The molecule has 0 aliphatic carbocycles. The van der Waals surface area contributed by atoms with Crippen molar-refractivity contribution < 1.29 is 0 Å². The fourth-order valence-electron chi connectivity index (χ4n) is 0.893. The van der Waals surface area contributed by atoms with Crippen molar-refractivity contribution in [2.75, 3.05) is 12.3 Å². The molecule has 0 fully saturated rings. The predicted molar refractivity (Wildman–Crippen MR) is 55.0 cm³/mol. The molecule has 2 N–H and O–H groups in total. The number of hydrogen-bond donors (Lipinski definition) is 1. The van der Waals surface area contributed by atoms with Crippen LogP contribution in [0.5, 0.6) is 0 Å². The number of rotatable bonds is 6. The maximum absolute atomic E-state index is 5.52. The highest BCUT2D eigenvalue weighted by molar-refractivity contribution is 7.99. The van der Waals surface area contributed by atoms with Crippen molar-refractivity contribution in [1.29, 1.82) is 0 Å². The van der Waals surface area contributed by atoms with E-state index in [9.17, 15) is 0 Å². The smallest absolute Gasteiger partial charge is 0.0142 e. The molecule has 0 heterocycles. The highest BCUT2D eigenvalue weighted by Gasteiger charge is 2.05. The highest BCUT2D eigenvalue weighted by atomic mass is 32.2. The number of thioether (sulfide) groups is 1. The Kier molecular flexibility index (Phi) is 7.18. The zero-order valence-corrected chi connectivity index (χ0v) is 8.79. The molecule has 0 saturated heterocycles. The topological polar surface area (TPSA) is 26.0 Å². The second-order valence-electron chi connectivity index (χ2n) is 3.06. The van der Waals surface area contributed by atoms with Crippen LogP contribution in [-0.4, -0.2) is 17.5 Å². The van der Waals surface area contributed by atoms with Crippen molar-refractivity contribution in [3.05, 3.63) is 0 Å². The molecule has 11 heavy (non-hydrogen) atoms. The maximum atomic E-state index is 5.52. The Hall–Kier alpha value is 0.310. The van der Waals surface area contributed by atoms with Gasteiger partial charge in [-0.15, -0.1) is 0 Å². The standard InChI is InChI=1S/C9H21NS/c1-4-9(5-2)7-11-8(3)6-10/h8-9H,4-7,10H2,1-3H3. The van der Waals surface area contributed by atoms with E-state index in [-0.39, 0.29) is 0 Å². The van der Waals surface area contributed by atoms with Gasteiger partial charge in [-0.25, -0.2) is 0 Å². The summed E-state index contributed by atoms with van der Waals surface area (Å²) in [6, 6.07) is 0. The van der Waals surface area contributed by atoms with Crippen molar-refractivity contribution in [3.8, 4) is 0 Å². The van der Waals surface area contributed by atoms with Crippen LogP contribution >= 0.6 is 11.8 Å². The molecule has 0 aromatic heterocycles. The van der Waals surface area contributed by atoms with Crippen LogP contribution in [0.3, 0.4) is 0 Å². The van der Waals surface area contributed by atoms with Crippen LogP contribution < -0.4 is 5.73 Å². The Bertz CT molecular complexity index is 81.6. The van der Waals surface area contributed by atoms with Crippen LogP contribution in [-0.2, 0) is 0 Å². The van der Waals surface area contributed by atoms with Crippen molar-refractivity contribution >= 4 is 11.8 Å². The molecule has 0 saturated carbocycles. The fourth-order valence-corrected chi connectivity index (χ4v) is 2.10. The second-order valence-corrected chi connectivity index (χ2v) is 4.53. The summed E-state index contributed by atoms with van der Waals surface area (Å²) < 4.78 is 0. The SMILES string of the molecule is CCC(CC)CSC(C)CN. The third kappa shape index (κ3) is 5.57. The molecule has 0 aliphatic heterocycles. The van der Waals surface area contributed by atoms with E-state index in [1.54, 1.807) is 0 Å². The Morgan fingerprint density at radius 2 is 1.82 bits per heavy atom. The summed E-state index contributed by atoms with van der Waals surface area (Å²) in [7, 11) is 0. The third-order valence-electron chi connectivity index (χ3n) is 2.10. The van der Waals surface area contributed by atoms with E-state index in [0.29, 0.717) is 5.25 Å². The van der Waals surface area contributed by atoms with Gasteiger partial charge in [-0.3, -0.25) is 0 Å². The summed E-state index contributed by atoms with van der Waals surface area (Å²) >= 11 is 2.01. The molecule has 0 amide bonds. The van der Waals surface area contributed by atoms with Crippen LogP contribution in [0.2, 0.25) is 0 Å². The fraction of sp³-hybridized carbons (Fsp3) is 1.00. The summed E-state index contributed by atoms with van der Waals surface area (Å²) in [6.45, 7) is 7.54. The van der Waals surface area contributed by atoms with Crippen LogP contribution in [0.15, 0.2) is 0 Å². The molecule has 68 valence electrons. The predicted octanol–water partition coefficient (Wildman–Crippen LogP) is 2.50. The third-order valence-corrected chi connectivity index (χ3v) is 3.53. The van der Waals surface area contributed by atoms with Gasteiger partial charge in [0, 0.05) is 11.8 Å². The molecule has 1 nitrogen and oxygen atoms in total. The van der Waals surface area contributed by atoms with Gasteiger partial charge in [0.2, 0.25) is 0 Å². The van der Waals surface area contributed by atoms with Gasteiger partial charge in [0.05, 0.1) is 0 Å². The Labute approximate surface area is 75.1 Å². The van der Waals surface area contributed by atoms with E-state index in [1.807, 2.05) is 11.8 Å². The molecule has 1 atom stereocenters. The Morgan fingerprint density at radius 3 is 2.18 bits per heavy atom. The van der Waals surface area contributed by atoms with Gasteiger partial charge in [0.25, 0.3) is 0 Å². The normalized spacial score (nSPS) is 13.9. The Morgan fingerprint density at radius 1 is 1.27 bits per heavy atom. The summed E-state index contributed by atoms with van der Waals surface area (Å²) in [4.78, 5) is 0. The maximum Gasteiger partial charge on any atom is 0.0142 e. The summed E-state index contributed by atoms with van der Waals surface area (Å²) in [6.07, 6.45) is 2.61. The monoisotopic (exact) mass is 175 g/mol. The molecule has 0 radical (unpaired) electrons. The zero-order chi connectivity index (χ0) is 8.69. The first-order valence-corrected chi connectivity index (χ1v) is 5.61. The van der Waals surface area contributed by atoms with E-state index in [4.69, 9.17) is 5.73 Å². The van der Waals surface area contributed by atoms with Gasteiger partial charge in [-0.2, -0.15) is 11.8 Å². The van der Waals surface area contributed by atoms with Gasteiger partial charge < -0.3 is 5.73 Å². The van der Waals surface area contributed by atoms with E-state index < -0.39 is 0 Å². The molecule has 1 unspecified atom stereocenters. The first-order chi connectivity index (χ1) is 5.24. The first-order valence-electron chi connectivity index (χ1n) is 4.56. The minimum absolute atomic E-state index is 0.635. The molecular formula is C9H21NS. The van der Waals surface area contributed by atoms with Gasteiger partial charge >= 0.3 is 0 Å². The van der Waals surface area contributed by atoms with Crippen molar-refractivity contribution in [2.45, 2.75) is 38.9 Å². The van der Waals surface area contributed by atoms with Crippen molar-refractivity contribution in [1.82, 2.24) is 0 Å². The minimum atomic E-state index is 0.635. The lowest BCUT2D eigenvalue weighted by Crippen LogP contribution is -2.14. The quantitative estimate of drug-likeness (QED) is 0.671. The van der Waals surface area contributed by atoms with E-state index in [1.165, 1.54) is 18.6 Å². The lowest BCUT2D eigenvalue weighted by atomic mass is 10.1. The van der Waals surface area contributed by atoms with Crippen molar-refractivity contribution in [3.63, 3.8) is 0 Å². The van der Waals surface area contributed by atoms with Crippen molar-refractivity contribution in [2.24, 2.45) is 11.7 Å². The molecular weight excluding hydrogens is 154 g/mol.